The molecule has 1 atom stereocenters. The van der Waals surface area contributed by atoms with Crippen molar-refractivity contribution in [2.24, 2.45) is 0 Å². The molecule has 0 radical (unpaired) electrons. The van der Waals surface area contributed by atoms with Gasteiger partial charge in [0.15, 0.2) is 0 Å². The number of rotatable bonds is 3. The van der Waals surface area contributed by atoms with Gasteiger partial charge in [-0.25, -0.2) is 0 Å². The van der Waals surface area contributed by atoms with Crippen LogP contribution in [-0.2, 0) is 6.42 Å². The van der Waals surface area contributed by atoms with Crippen LogP contribution < -0.4 is 5.32 Å². The lowest BCUT2D eigenvalue weighted by Crippen LogP contribution is -2.52. The normalized spacial score (nSPS) is 19.4. The van der Waals surface area contributed by atoms with Gasteiger partial charge in [-0.05, 0) is 24.5 Å². The van der Waals surface area contributed by atoms with Crippen molar-refractivity contribution in [2.75, 3.05) is 19.6 Å². The van der Waals surface area contributed by atoms with Crippen molar-refractivity contribution in [3.63, 3.8) is 0 Å². The fourth-order valence-corrected chi connectivity index (χ4v) is 3.43. The maximum atomic E-state index is 5.24. The first kappa shape index (κ1) is 13.9. The van der Waals surface area contributed by atoms with Crippen molar-refractivity contribution in [3.8, 4) is 0 Å². The number of thiocarbonyl (C=S) groups is 1. The van der Waals surface area contributed by atoms with Crippen molar-refractivity contribution in [1.82, 2.24) is 15.2 Å². The van der Waals surface area contributed by atoms with Gasteiger partial charge in [0.05, 0.1) is 0 Å². The van der Waals surface area contributed by atoms with Crippen LogP contribution in [0.4, 0.5) is 0 Å². The summed E-state index contributed by atoms with van der Waals surface area (Å²) < 4.78 is 0.718. The average Bonchev–Trinajstić information content (AvgIpc) is 2.88. The molecular formula is C15H19N3S2. The Bertz CT molecular complexity index is 608. The van der Waals surface area contributed by atoms with E-state index in [1.54, 1.807) is 0 Å². The van der Waals surface area contributed by atoms with Gasteiger partial charge in [0.1, 0.15) is 4.32 Å². The van der Waals surface area contributed by atoms with E-state index in [0.29, 0.717) is 6.04 Å². The summed E-state index contributed by atoms with van der Waals surface area (Å²) in [4.78, 5) is 5.58. The van der Waals surface area contributed by atoms with Crippen LogP contribution in [0.15, 0.2) is 30.5 Å². The molecule has 106 valence electrons. The maximum Gasteiger partial charge on any atom is 0.133 e. The molecular weight excluding hydrogens is 286 g/mol. The Hall–Kier alpha value is -1.04. The Kier molecular flexibility index (Phi) is 4.29. The van der Waals surface area contributed by atoms with E-state index in [0.717, 1.165) is 36.8 Å². The van der Waals surface area contributed by atoms with Crippen LogP contribution in [0.3, 0.4) is 0 Å². The number of nitrogens with zero attached hydrogens (tertiary/aromatic N) is 1. The largest absolute Gasteiger partial charge is 0.361 e. The monoisotopic (exact) mass is 305 g/mol. The summed E-state index contributed by atoms with van der Waals surface area (Å²) in [6.07, 6.45) is 4.28. The zero-order valence-corrected chi connectivity index (χ0v) is 13.0. The molecule has 5 heteroatoms. The summed E-state index contributed by atoms with van der Waals surface area (Å²) in [5.41, 5.74) is 2.60. The molecule has 1 aliphatic rings. The van der Waals surface area contributed by atoms with E-state index >= 15 is 0 Å². The molecule has 0 bridgehead atoms. The lowest BCUT2D eigenvalue weighted by atomic mass is 10.0. The van der Waals surface area contributed by atoms with Crippen molar-refractivity contribution in [3.05, 3.63) is 36.0 Å². The summed E-state index contributed by atoms with van der Waals surface area (Å²) >= 11 is 9.59. The zero-order chi connectivity index (χ0) is 13.9. The number of hydrogen-bond acceptors (Lipinski definition) is 2. The standard InChI is InChI=1S/C15H19N3S2/c19-15(20)18-8-7-16-10-12(18)6-5-11-9-17-14-4-2-1-3-13(11)14/h1-4,9,12,16-17H,5-8,10H2,(H,19,20). The van der Waals surface area contributed by atoms with E-state index in [-0.39, 0.29) is 0 Å². The minimum Gasteiger partial charge on any atom is -0.361 e. The zero-order valence-electron chi connectivity index (χ0n) is 11.3. The molecule has 3 nitrogen and oxygen atoms in total. The van der Waals surface area contributed by atoms with E-state index in [4.69, 9.17) is 12.2 Å². The number of para-hydroxylation sites is 1. The molecule has 3 rings (SSSR count). The highest BCUT2D eigenvalue weighted by Gasteiger charge is 2.22. The number of aromatic amines is 1. The third kappa shape index (κ3) is 2.85. The van der Waals surface area contributed by atoms with Gasteiger partial charge < -0.3 is 15.2 Å². The molecule has 1 fully saturated rings. The molecule has 2 aromatic rings. The van der Waals surface area contributed by atoms with Gasteiger partial charge in [-0.3, -0.25) is 0 Å². The number of nitrogens with one attached hydrogen (secondary N) is 2. The van der Waals surface area contributed by atoms with Gasteiger partial charge in [-0.15, -0.1) is 12.6 Å². The molecule has 1 aliphatic heterocycles. The number of hydrogen-bond donors (Lipinski definition) is 3. The highest BCUT2D eigenvalue weighted by Crippen LogP contribution is 2.21. The first-order valence-electron chi connectivity index (χ1n) is 7.01. The molecule has 0 spiro atoms. The third-order valence-electron chi connectivity index (χ3n) is 4.02. The van der Waals surface area contributed by atoms with Crippen LogP contribution in [0.25, 0.3) is 10.9 Å². The predicted molar refractivity (Wildman–Crippen MR) is 91.6 cm³/mol. The van der Waals surface area contributed by atoms with Gasteiger partial charge in [-0.2, -0.15) is 0 Å². The van der Waals surface area contributed by atoms with Crippen LogP contribution in [0.1, 0.15) is 12.0 Å². The molecule has 1 saturated heterocycles. The van der Waals surface area contributed by atoms with Crippen molar-refractivity contribution in [2.45, 2.75) is 18.9 Å². The van der Waals surface area contributed by atoms with Crippen LogP contribution in [0.2, 0.25) is 0 Å². The Morgan fingerprint density at radius 1 is 1.40 bits per heavy atom. The summed E-state index contributed by atoms with van der Waals surface area (Å²) in [5, 5.41) is 4.77. The fraction of sp³-hybridized carbons (Fsp3) is 0.400. The minimum atomic E-state index is 0.447. The number of benzene rings is 1. The van der Waals surface area contributed by atoms with E-state index in [1.807, 2.05) is 0 Å². The molecule has 1 aromatic heterocycles. The molecule has 2 N–H and O–H groups in total. The quantitative estimate of drug-likeness (QED) is 0.602. The average molecular weight is 305 g/mol. The van der Waals surface area contributed by atoms with Gasteiger partial charge in [0, 0.05) is 42.8 Å². The fourth-order valence-electron chi connectivity index (χ4n) is 2.93. The van der Waals surface area contributed by atoms with Crippen LogP contribution in [0, 0.1) is 0 Å². The number of aryl methyl sites for hydroxylation is 1. The van der Waals surface area contributed by atoms with E-state index in [2.05, 4.69) is 58.3 Å². The number of fused-ring (bicyclic) bond motifs is 1. The van der Waals surface area contributed by atoms with E-state index in [9.17, 15) is 0 Å². The molecule has 1 aromatic carbocycles. The minimum absolute atomic E-state index is 0.447. The molecule has 2 heterocycles. The first-order chi connectivity index (χ1) is 9.75. The lowest BCUT2D eigenvalue weighted by Gasteiger charge is -2.36. The number of aromatic nitrogens is 1. The summed E-state index contributed by atoms with van der Waals surface area (Å²) in [7, 11) is 0. The maximum absolute atomic E-state index is 5.24. The Morgan fingerprint density at radius 3 is 3.10 bits per heavy atom. The highest BCUT2D eigenvalue weighted by atomic mass is 32.1. The summed E-state index contributed by atoms with van der Waals surface area (Å²) in [5.74, 6) is 0. The number of piperazine rings is 1. The van der Waals surface area contributed by atoms with Gasteiger partial charge in [-0.1, -0.05) is 30.4 Å². The van der Waals surface area contributed by atoms with Crippen molar-refractivity contribution < 1.29 is 0 Å². The molecule has 20 heavy (non-hydrogen) atoms. The van der Waals surface area contributed by atoms with E-state index in [1.165, 1.54) is 16.5 Å². The van der Waals surface area contributed by atoms with Crippen molar-refractivity contribution >= 4 is 40.1 Å². The SMILES string of the molecule is S=C(S)N1CCNCC1CCc1c[nH]c2ccccc12. The summed E-state index contributed by atoms with van der Waals surface area (Å²) in [6.45, 7) is 2.94. The topological polar surface area (TPSA) is 31.1 Å². The predicted octanol–water partition coefficient (Wildman–Crippen LogP) is 2.59. The second-order valence-electron chi connectivity index (χ2n) is 5.23. The molecule has 0 amide bonds. The Labute approximate surface area is 130 Å². The number of H-pyrrole nitrogens is 1. The van der Waals surface area contributed by atoms with Gasteiger partial charge in [0.25, 0.3) is 0 Å². The summed E-state index contributed by atoms with van der Waals surface area (Å²) in [6, 6.07) is 8.91. The second-order valence-corrected chi connectivity index (χ2v) is 6.34. The lowest BCUT2D eigenvalue weighted by molar-refractivity contribution is 0.253. The first-order valence-corrected chi connectivity index (χ1v) is 7.86. The van der Waals surface area contributed by atoms with Gasteiger partial charge in [0.2, 0.25) is 0 Å². The van der Waals surface area contributed by atoms with Crippen LogP contribution in [0.5, 0.6) is 0 Å². The van der Waals surface area contributed by atoms with E-state index < -0.39 is 0 Å². The Morgan fingerprint density at radius 2 is 2.25 bits per heavy atom. The molecule has 0 saturated carbocycles. The molecule has 0 aliphatic carbocycles. The molecule has 1 unspecified atom stereocenters. The smallest absolute Gasteiger partial charge is 0.133 e. The third-order valence-corrected chi connectivity index (χ3v) is 4.51. The van der Waals surface area contributed by atoms with Gasteiger partial charge >= 0.3 is 0 Å². The second kappa shape index (κ2) is 6.16. The number of thiol groups is 1. The van der Waals surface area contributed by atoms with Crippen LogP contribution >= 0.6 is 24.8 Å². The highest BCUT2D eigenvalue weighted by molar-refractivity contribution is 8.10. The van der Waals surface area contributed by atoms with Crippen molar-refractivity contribution in [1.29, 1.82) is 0 Å². The van der Waals surface area contributed by atoms with Crippen LogP contribution in [-0.4, -0.2) is 39.9 Å². The Balaban J connectivity index is 1.70.